The van der Waals surface area contributed by atoms with Crippen molar-refractivity contribution in [2.45, 2.75) is 77.5 Å². The molecule has 2 nitrogen and oxygen atoms in total. The van der Waals surface area contributed by atoms with Gasteiger partial charge in [-0.1, -0.05) is 19.8 Å². The molecule has 1 aliphatic heterocycles. The van der Waals surface area contributed by atoms with Crippen molar-refractivity contribution < 1.29 is 4.74 Å². The van der Waals surface area contributed by atoms with E-state index in [0.717, 1.165) is 12.8 Å². The number of ether oxygens (including phenoxy) is 1. The zero-order valence-corrected chi connectivity index (χ0v) is 11.0. The van der Waals surface area contributed by atoms with Crippen LogP contribution >= 0.6 is 0 Å². The number of hydrogen-bond acceptors (Lipinski definition) is 2. The molecule has 0 aliphatic carbocycles. The van der Waals surface area contributed by atoms with E-state index in [4.69, 9.17) is 10.5 Å². The van der Waals surface area contributed by atoms with Gasteiger partial charge in [-0.2, -0.15) is 0 Å². The molecule has 0 bridgehead atoms. The van der Waals surface area contributed by atoms with Gasteiger partial charge in [-0.3, -0.25) is 0 Å². The molecule has 0 radical (unpaired) electrons. The van der Waals surface area contributed by atoms with Gasteiger partial charge in [0.1, 0.15) is 0 Å². The van der Waals surface area contributed by atoms with Gasteiger partial charge < -0.3 is 10.5 Å². The van der Waals surface area contributed by atoms with Crippen LogP contribution in [-0.2, 0) is 4.74 Å². The van der Waals surface area contributed by atoms with Crippen molar-refractivity contribution >= 4 is 0 Å². The minimum absolute atomic E-state index is 0.00198. The maximum atomic E-state index is 6.28. The van der Waals surface area contributed by atoms with Gasteiger partial charge in [-0.05, 0) is 40.5 Å². The van der Waals surface area contributed by atoms with E-state index in [1.807, 2.05) is 0 Å². The second kappa shape index (κ2) is 4.42. The fourth-order valence-corrected chi connectivity index (χ4v) is 2.91. The highest BCUT2D eigenvalue weighted by Crippen LogP contribution is 2.43. The van der Waals surface area contributed by atoms with Gasteiger partial charge in [-0.15, -0.1) is 0 Å². The zero-order chi connectivity index (χ0) is 11.7. The van der Waals surface area contributed by atoms with E-state index in [1.165, 1.54) is 12.8 Å². The first-order chi connectivity index (χ1) is 6.78. The summed E-state index contributed by atoms with van der Waals surface area (Å²) in [6.07, 6.45) is 4.67. The number of nitrogens with two attached hydrogens (primary N) is 1. The first-order valence-corrected chi connectivity index (χ1v) is 6.24. The van der Waals surface area contributed by atoms with E-state index in [-0.39, 0.29) is 11.2 Å². The average molecular weight is 213 g/mol. The lowest BCUT2D eigenvalue weighted by atomic mass is 9.80. The van der Waals surface area contributed by atoms with Gasteiger partial charge in [0.05, 0.1) is 11.2 Å². The maximum absolute atomic E-state index is 6.28. The fourth-order valence-electron chi connectivity index (χ4n) is 2.91. The predicted molar refractivity (Wildman–Crippen MR) is 64.9 cm³/mol. The van der Waals surface area contributed by atoms with Gasteiger partial charge >= 0.3 is 0 Å². The highest BCUT2D eigenvalue weighted by Gasteiger charge is 2.47. The molecular formula is C13H27NO. The molecule has 2 atom stereocenters. The molecule has 1 rings (SSSR count). The van der Waals surface area contributed by atoms with Crippen LogP contribution in [0.15, 0.2) is 0 Å². The summed E-state index contributed by atoms with van der Waals surface area (Å²) in [5.41, 5.74) is 6.22. The summed E-state index contributed by atoms with van der Waals surface area (Å²) in [5.74, 6) is 0.499. The Morgan fingerprint density at radius 1 is 1.33 bits per heavy atom. The van der Waals surface area contributed by atoms with Gasteiger partial charge in [0.25, 0.3) is 0 Å². The first-order valence-electron chi connectivity index (χ1n) is 6.24. The Balaban J connectivity index is 2.61. The number of unbranched alkanes of at least 4 members (excludes halogenated alkanes) is 1. The zero-order valence-electron chi connectivity index (χ0n) is 11.0. The van der Waals surface area contributed by atoms with E-state index in [1.54, 1.807) is 0 Å². The summed E-state index contributed by atoms with van der Waals surface area (Å²) in [6, 6.07) is 0.293. The molecule has 2 unspecified atom stereocenters. The van der Waals surface area contributed by atoms with Gasteiger partial charge in [-0.25, -0.2) is 0 Å². The van der Waals surface area contributed by atoms with E-state index in [2.05, 4.69) is 34.6 Å². The minimum Gasteiger partial charge on any atom is -0.369 e. The van der Waals surface area contributed by atoms with Crippen LogP contribution in [0.2, 0.25) is 0 Å². The standard InChI is InChI=1S/C13H27NO/c1-6-7-8-11(14)10-9-12(2,3)15-13(10,4)5/h10-11H,6-9,14H2,1-5H3. The lowest BCUT2D eigenvalue weighted by molar-refractivity contribution is -0.0767. The third-order valence-corrected chi connectivity index (χ3v) is 3.55. The molecule has 15 heavy (non-hydrogen) atoms. The largest absolute Gasteiger partial charge is 0.369 e. The molecule has 1 fully saturated rings. The van der Waals surface area contributed by atoms with Crippen molar-refractivity contribution in [2.75, 3.05) is 0 Å². The first kappa shape index (κ1) is 13.0. The van der Waals surface area contributed by atoms with Crippen molar-refractivity contribution in [3.8, 4) is 0 Å². The summed E-state index contributed by atoms with van der Waals surface area (Å²) in [7, 11) is 0. The predicted octanol–water partition coefficient (Wildman–Crippen LogP) is 3.10. The molecule has 0 aromatic carbocycles. The van der Waals surface area contributed by atoms with Gasteiger partial charge in [0.15, 0.2) is 0 Å². The van der Waals surface area contributed by atoms with Crippen molar-refractivity contribution in [3.63, 3.8) is 0 Å². The molecule has 0 saturated carbocycles. The maximum Gasteiger partial charge on any atom is 0.0677 e. The van der Waals surface area contributed by atoms with Crippen LogP contribution in [0.1, 0.15) is 60.3 Å². The van der Waals surface area contributed by atoms with E-state index in [0.29, 0.717) is 12.0 Å². The quantitative estimate of drug-likeness (QED) is 0.779. The third kappa shape index (κ3) is 3.18. The molecule has 0 aromatic heterocycles. The number of rotatable bonds is 4. The van der Waals surface area contributed by atoms with Crippen LogP contribution in [0.4, 0.5) is 0 Å². The molecule has 0 aromatic rings. The summed E-state index contributed by atoms with van der Waals surface area (Å²) >= 11 is 0. The Kier molecular flexibility index (Phi) is 3.83. The highest BCUT2D eigenvalue weighted by atomic mass is 16.5. The minimum atomic E-state index is -0.0589. The van der Waals surface area contributed by atoms with E-state index in [9.17, 15) is 0 Å². The highest BCUT2D eigenvalue weighted by molar-refractivity contribution is 4.98. The van der Waals surface area contributed by atoms with E-state index < -0.39 is 0 Å². The van der Waals surface area contributed by atoms with Crippen molar-refractivity contribution in [3.05, 3.63) is 0 Å². The molecule has 2 heteroatoms. The monoisotopic (exact) mass is 213 g/mol. The Bertz CT molecular complexity index is 211. The Labute approximate surface area is 94.6 Å². The van der Waals surface area contributed by atoms with Crippen LogP contribution in [0.25, 0.3) is 0 Å². The van der Waals surface area contributed by atoms with Crippen molar-refractivity contribution in [2.24, 2.45) is 11.7 Å². The van der Waals surface area contributed by atoms with Crippen LogP contribution < -0.4 is 5.73 Å². The fraction of sp³-hybridized carbons (Fsp3) is 1.00. The van der Waals surface area contributed by atoms with Crippen LogP contribution in [0.5, 0.6) is 0 Å². The summed E-state index contributed by atoms with van der Waals surface area (Å²) in [5, 5.41) is 0. The van der Waals surface area contributed by atoms with Crippen molar-refractivity contribution in [1.82, 2.24) is 0 Å². The molecule has 0 amide bonds. The Morgan fingerprint density at radius 2 is 1.93 bits per heavy atom. The Hall–Kier alpha value is -0.0800. The molecule has 1 aliphatic rings. The average Bonchev–Trinajstić information content (AvgIpc) is 2.30. The third-order valence-electron chi connectivity index (χ3n) is 3.55. The Morgan fingerprint density at radius 3 is 2.33 bits per heavy atom. The molecule has 0 spiro atoms. The lowest BCUT2D eigenvalue weighted by Crippen LogP contribution is -2.41. The topological polar surface area (TPSA) is 35.2 Å². The normalized spacial score (nSPS) is 30.4. The van der Waals surface area contributed by atoms with Crippen LogP contribution in [0, 0.1) is 5.92 Å². The second-order valence-electron chi connectivity index (χ2n) is 6.08. The summed E-state index contributed by atoms with van der Waals surface area (Å²) in [6.45, 7) is 10.9. The van der Waals surface area contributed by atoms with Crippen LogP contribution in [-0.4, -0.2) is 17.2 Å². The molecule has 90 valence electrons. The van der Waals surface area contributed by atoms with Gasteiger partial charge in [0.2, 0.25) is 0 Å². The van der Waals surface area contributed by atoms with Gasteiger partial charge in [0, 0.05) is 12.0 Å². The summed E-state index contributed by atoms with van der Waals surface area (Å²) in [4.78, 5) is 0. The SMILES string of the molecule is CCCCC(N)C1CC(C)(C)OC1(C)C. The molecule has 1 saturated heterocycles. The smallest absolute Gasteiger partial charge is 0.0677 e. The lowest BCUT2D eigenvalue weighted by Gasteiger charge is -2.31. The molecular weight excluding hydrogens is 186 g/mol. The second-order valence-corrected chi connectivity index (χ2v) is 6.08. The van der Waals surface area contributed by atoms with Crippen molar-refractivity contribution in [1.29, 1.82) is 0 Å². The molecule has 1 heterocycles. The number of hydrogen-bond donors (Lipinski definition) is 1. The summed E-state index contributed by atoms with van der Waals surface area (Å²) < 4.78 is 6.07. The van der Waals surface area contributed by atoms with Crippen LogP contribution in [0.3, 0.4) is 0 Å². The molecule has 2 N–H and O–H groups in total. The van der Waals surface area contributed by atoms with E-state index >= 15 is 0 Å².